The monoisotopic (exact) mass is 390 g/mol. The number of carbonyl (C=O) groups excluding carboxylic acids is 1. The van der Waals surface area contributed by atoms with E-state index < -0.39 is 11.7 Å². The molecule has 8 heteroatoms. The van der Waals surface area contributed by atoms with Gasteiger partial charge in [-0.05, 0) is 29.6 Å². The molecule has 0 radical (unpaired) electrons. The lowest BCUT2D eigenvalue weighted by Crippen LogP contribution is -2.15. The van der Waals surface area contributed by atoms with E-state index in [1.165, 1.54) is 20.3 Å². The van der Waals surface area contributed by atoms with E-state index in [2.05, 4.69) is 10.3 Å². The molecule has 0 atom stereocenters. The minimum Gasteiger partial charge on any atom is -0.493 e. The number of hydrogen-bond acceptors (Lipinski definition) is 6. The van der Waals surface area contributed by atoms with Crippen LogP contribution in [0.5, 0.6) is 11.5 Å². The van der Waals surface area contributed by atoms with Gasteiger partial charge in [0.1, 0.15) is 11.6 Å². The molecule has 0 fully saturated rings. The summed E-state index contributed by atoms with van der Waals surface area (Å²) in [5.41, 5.74) is -0.151. The second kappa shape index (κ2) is 8.20. The fraction of sp³-hybridized carbons (Fsp3) is 0.111. The van der Waals surface area contributed by atoms with Gasteiger partial charge >= 0.3 is 0 Å². The predicted octanol–water partition coefficient (Wildman–Crippen LogP) is 4.70. The van der Waals surface area contributed by atoms with Crippen molar-refractivity contribution in [3.05, 3.63) is 59.4 Å². The number of hydrogen-bond donors (Lipinski definition) is 1. The SMILES string of the molecule is COc1cc(F)c(C(=O)Nc2ccc(Sc3cccs3)cn2)cc1OC. The van der Waals surface area contributed by atoms with Gasteiger partial charge in [-0.1, -0.05) is 17.8 Å². The molecule has 0 saturated heterocycles. The molecule has 0 unspecified atom stereocenters. The van der Waals surface area contributed by atoms with Gasteiger partial charge in [0.05, 0.1) is 24.0 Å². The third-order valence-corrected chi connectivity index (χ3v) is 5.42. The molecular formula is C18H15FN2O3S2. The molecule has 3 rings (SSSR count). The second-order valence-corrected chi connectivity index (χ2v) is 7.38. The van der Waals surface area contributed by atoms with E-state index in [1.54, 1.807) is 35.4 Å². The Morgan fingerprint density at radius 3 is 2.58 bits per heavy atom. The number of amides is 1. The number of benzene rings is 1. The lowest BCUT2D eigenvalue weighted by molar-refractivity contribution is 0.102. The van der Waals surface area contributed by atoms with Gasteiger partial charge in [0.15, 0.2) is 11.5 Å². The average Bonchev–Trinajstić information content (AvgIpc) is 3.16. The minimum absolute atomic E-state index is 0.151. The molecule has 2 aromatic heterocycles. The Kier molecular flexibility index (Phi) is 5.75. The highest BCUT2D eigenvalue weighted by Gasteiger charge is 2.17. The van der Waals surface area contributed by atoms with Crippen LogP contribution < -0.4 is 14.8 Å². The second-order valence-electron chi connectivity index (χ2n) is 5.05. The fourth-order valence-electron chi connectivity index (χ4n) is 2.16. The predicted molar refractivity (Wildman–Crippen MR) is 100 cm³/mol. The van der Waals surface area contributed by atoms with E-state index in [0.29, 0.717) is 5.82 Å². The van der Waals surface area contributed by atoms with Crippen molar-refractivity contribution < 1.29 is 18.7 Å². The Balaban J connectivity index is 1.73. The first kappa shape index (κ1) is 18.2. The molecule has 5 nitrogen and oxygen atoms in total. The van der Waals surface area contributed by atoms with Crippen molar-refractivity contribution >= 4 is 34.8 Å². The van der Waals surface area contributed by atoms with E-state index in [1.807, 2.05) is 23.6 Å². The summed E-state index contributed by atoms with van der Waals surface area (Å²) in [5.74, 6) is -0.497. The van der Waals surface area contributed by atoms with Crippen LogP contribution in [0.4, 0.5) is 10.2 Å². The summed E-state index contributed by atoms with van der Waals surface area (Å²) < 4.78 is 25.4. The Morgan fingerprint density at radius 1 is 1.19 bits per heavy atom. The van der Waals surface area contributed by atoms with E-state index >= 15 is 0 Å². The first-order chi connectivity index (χ1) is 12.6. The van der Waals surface area contributed by atoms with Gasteiger partial charge in [-0.15, -0.1) is 11.3 Å². The standard InChI is InChI=1S/C18H15FN2O3S2/c1-23-14-8-12(13(19)9-15(14)24-2)18(22)21-16-6-5-11(10-20-16)26-17-4-3-7-25-17/h3-10H,1-2H3,(H,20,21,22). The Hall–Kier alpha value is -2.58. The maximum absolute atomic E-state index is 14.2. The summed E-state index contributed by atoms with van der Waals surface area (Å²) in [7, 11) is 2.82. The molecule has 1 N–H and O–H groups in total. The van der Waals surface area contributed by atoms with E-state index in [4.69, 9.17) is 9.47 Å². The lowest BCUT2D eigenvalue weighted by Gasteiger charge is -2.11. The Bertz CT molecular complexity index is 900. The molecule has 134 valence electrons. The molecule has 2 heterocycles. The maximum Gasteiger partial charge on any atom is 0.259 e. The molecule has 0 aliphatic heterocycles. The highest BCUT2D eigenvalue weighted by atomic mass is 32.2. The molecule has 0 bridgehead atoms. The summed E-state index contributed by atoms with van der Waals surface area (Å²) in [4.78, 5) is 17.5. The number of carbonyl (C=O) groups is 1. The van der Waals surface area contributed by atoms with E-state index in [9.17, 15) is 9.18 Å². The molecule has 1 aromatic carbocycles. The van der Waals surface area contributed by atoms with Crippen molar-refractivity contribution in [1.82, 2.24) is 4.98 Å². The van der Waals surface area contributed by atoms with Crippen LogP contribution in [0.3, 0.4) is 0 Å². The number of rotatable bonds is 6. The van der Waals surface area contributed by atoms with Crippen molar-refractivity contribution in [2.45, 2.75) is 9.10 Å². The van der Waals surface area contributed by atoms with Crippen LogP contribution in [0.25, 0.3) is 0 Å². The number of ether oxygens (including phenoxy) is 2. The van der Waals surface area contributed by atoms with E-state index in [0.717, 1.165) is 15.2 Å². The third kappa shape index (κ3) is 4.14. The molecule has 0 saturated carbocycles. The highest BCUT2D eigenvalue weighted by Crippen LogP contribution is 2.32. The molecule has 0 aliphatic carbocycles. The van der Waals surface area contributed by atoms with Crippen LogP contribution in [-0.4, -0.2) is 25.1 Å². The minimum atomic E-state index is -0.704. The number of nitrogens with zero attached hydrogens (tertiary/aromatic N) is 1. The summed E-state index contributed by atoms with van der Waals surface area (Å²) in [5, 5.41) is 4.58. The molecule has 0 aliphatic rings. The molecule has 26 heavy (non-hydrogen) atoms. The van der Waals surface area contributed by atoms with Crippen LogP contribution >= 0.6 is 23.1 Å². The summed E-state index contributed by atoms with van der Waals surface area (Å²) >= 11 is 3.22. The van der Waals surface area contributed by atoms with E-state index in [-0.39, 0.29) is 17.1 Å². The number of anilines is 1. The number of aromatic nitrogens is 1. The van der Waals surface area contributed by atoms with Crippen LogP contribution in [0.1, 0.15) is 10.4 Å². The summed E-state index contributed by atoms with van der Waals surface area (Å²) in [6, 6.07) is 9.93. The van der Waals surface area contributed by atoms with Crippen LogP contribution in [0.2, 0.25) is 0 Å². The number of thiophene rings is 1. The largest absolute Gasteiger partial charge is 0.493 e. The summed E-state index contributed by atoms with van der Waals surface area (Å²) in [6.07, 6.45) is 1.66. The Morgan fingerprint density at radius 2 is 1.96 bits per heavy atom. The van der Waals surface area contributed by atoms with Gasteiger partial charge in [-0.25, -0.2) is 9.37 Å². The zero-order valence-corrected chi connectivity index (χ0v) is 15.6. The van der Waals surface area contributed by atoms with Crippen LogP contribution in [-0.2, 0) is 0 Å². The van der Waals surface area contributed by atoms with Gasteiger partial charge in [0.2, 0.25) is 0 Å². The molecule has 1 amide bonds. The van der Waals surface area contributed by atoms with Crippen molar-refractivity contribution in [3.8, 4) is 11.5 Å². The summed E-state index contributed by atoms with van der Waals surface area (Å²) in [6.45, 7) is 0. The zero-order valence-electron chi connectivity index (χ0n) is 14.0. The number of pyridine rings is 1. The van der Waals surface area contributed by atoms with Gasteiger partial charge in [0, 0.05) is 17.2 Å². The van der Waals surface area contributed by atoms with Gasteiger partial charge in [-0.3, -0.25) is 4.79 Å². The van der Waals surface area contributed by atoms with Gasteiger partial charge in [0.25, 0.3) is 5.91 Å². The zero-order chi connectivity index (χ0) is 18.5. The highest BCUT2D eigenvalue weighted by molar-refractivity contribution is 8.01. The molecule has 3 aromatic rings. The lowest BCUT2D eigenvalue weighted by atomic mass is 10.1. The quantitative estimate of drug-likeness (QED) is 0.661. The first-order valence-corrected chi connectivity index (χ1v) is 9.20. The number of halogens is 1. The Labute approximate surface area is 158 Å². The van der Waals surface area contributed by atoms with Gasteiger partial charge < -0.3 is 14.8 Å². The molecular weight excluding hydrogens is 375 g/mol. The van der Waals surface area contributed by atoms with Crippen molar-refractivity contribution in [2.24, 2.45) is 0 Å². The maximum atomic E-state index is 14.2. The normalized spacial score (nSPS) is 10.4. The number of methoxy groups -OCH3 is 2. The smallest absolute Gasteiger partial charge is 0.259 e. The van der Waals surface area contributed by atoms with Crippen molar-refractivity contribution in [3.63, 3.8) is 0 Å². The van der Waals surface area contributed by atoms with Crippen molar-refractivity contribution in [1.29, 1.82) is 0 Å². The van der Waals surface area contributed by atoms with Crippen molar-refractivity contribution in [2.75, 3.05) is 19.5 Å². The third-order valence-electron chi connectivity index (χ3n) is 3.41. The average molecular weight is 390 g/mol. The first-order valence-electron chi connectivity index (χ1n) is 7.51. The topological polar surface area (TPSA) is 60.5 Å². The van der Waals surface area contributed by atoms with Gasteiger partial charge in [-0.2, -0.15) is 0 Å². The molecule has 0 spiro atoms. The van der Waals surface area contributed by atoms with Crippen LogP contribution in [0.15, 0.2) is 57.1 Å². The number of nitrogens with one attached hydrogen (secondary N) is 1. The fourth-order valence-corrected chi connectivity index (χ4v) is 3.88. The van der Waals surface area contributed by atoms with Crippen LogP contribution in [0, 0.1) is 5.82 Å².